The summed E-state index contributed by atoms with van der Waals surface area (Å²) in [6.07, 6.45) is -1.58. The van der Waals surface area contributed by atoms with Gasteiger partial charge in [0.05, 0.1) is 12.8 Å². The standard InChI is InChI=1S/C13H12O5/c14-10(6-11(15)8-13(17)18)7-12(16)9-4-2-1-3-5-9/h1-5H,6-8H2,(H,17,18). The molecule has 0 aliphatic rings. The van der Waals surface area contributed by atoms with Crippen molar-refractivity contribution in [3.63, 3.8) is 0 Å². The maximum atomic E-state index is 11.6. The van der Waals surface area contributed by atoms with Crippen LogP contribution in [0.3, 0.4) is 0 Å². The first-order chi connectivity index (χ1) is 8.49. The topological polar surface area (TPSA) is 88.5 Å². The fourth-order valence-corrected chi connectivity index (χ4v) is 1.42. The average molecular weight is 248 g/mol. The molecule has 0 aliphatic heterocycles. The molecule has 0 fully saturated rings. The molecule has 0 unspecified atom stereocenters. The van der Waals surface area contributed by atoms with Gasteiger partial charge in [0.1, 0.15) is 12.2 Å². The van der Waals surface area contributed by atoms with E-state index in [1.165, 1.54) is 0 Å². The van der Waals surface area contributed by atoms with Crippen LogP contribution in [-0.4, -0.2) is 28.4 Å². The molecule has 0 saturated heterocycles. The minimum absolute atomic E-state index is 0.372. The van der Waals surface area contributed by atoms with Gasteiger partial charge in [0.15, 0.2) is 11.6 Å². The Morgan fingerprint density at radius 2 is 1.39 bits per heavy atom. The van der Waals surface area contributed by atoms with Crippen LogP contribution in [0, 0.1) is 0 Å². The zero-order chi connectivity index (χ0) is 13.5. The van der Waals surface area contributed by atoms with Gasteiger partial charge in [0.2, 0.25) is 0 Å². The third-order valence-electron chi connectivity index (χ3n) is 2.20. The van der Waals surface area contributed by atoms with Crippen LogP contribution in [0.15, 0.2) is 30.3 Å². The predicted molar refractivity (Wildman–Crippen MR) is 62.3 cm³/mol. The second-order valence-electron chi connectivity index (χ2n) is 3.79. The molecule has 0 aromatic heterocycles. The summed E-state index contributed by atoms with van der Waals surface area (Å²) in [5.74, 6) is -2.89. The van der Waals surface area contributed by atoms with Crippen LogP contribution < -0.4 is 0 Å². The normalized spacial score (nSPS) is 9.78. The first-order valence-electron chi connectivity index (χ1n) is 5.32. The lowest BCUT2D eigenvalue weighted by Crippen LogP contribution is -2.15. The summed E-state index contributed by atoms with van der Waals surface area (Å²) in [6.45, 7) is 0. The van der Waals surface area contributed by atoms with Crippen molar-refractivity contribution < 1.29 is 24.3 Å². The van der Waals surface area contributed by atoms with Gasteiger partial charge in [0.25, 0.3) is 0 Å². The lowest BCUT2D eigenvalue weighted by molar-refractivity contribution is -0.140. The smallest absolute Gasteiger partial charge is 0.310 e. The van der Waals surface area contributed by atoms with Crippen LogP contribution >= 0.6 is 0 Å². The van der Waals surface area contributed by atoms with Gasteiger partial charge in [-0.15, -0.1) is 0 Å². The number of aliphatic carboxylic acids is 1. The van der Waals surface area contributed by atoms with Gasteiger partial charge in [0, 0.05) is 5.56 Å². The predicted octanol–water partition coefficient (Wildman–Crippen LogP) is 1.26. The van der Waals surface area contributed by atoms with E-state index in [4.69, 9.17) is 5.11 Å². The number of benzene rings is 1. The monoisotopic (exact) mass is 248 g/mol. The van der Waals surface area contributed by atoms with E-state index in [1.807, 2.05) is 0 Å². The fourth-order valence-electron chi connectivity index (χ4n) is 1.42. The van der Waals surface area contributed by atoms with E-state index in [1.54, 1.807) is 30.3 Å². The minimum atomic E-state index is -1.28. The third kappa shape index (κ3) is 4.69. The van der Waals surface area contributed by atoms with Crippen molar-refractivity contribution in [1.82, 2.24) is 0 Å². The van der Waals surface area contributed by atoms with Crippen LogP contribution in [-0.2, 0) is 14.4 Å². The number of carboxylic acid groups (broad SMARTS) is 1. The lowest BCUT2D eigenvalue weighted by Gasteiger charge is -2.00. The molecule has 0 amide bonds. The quantitative estimate of drug-likeness (QED) is 0.579. The molecule has 5 nitrogen and oxygen atoms in total. The van der Waals surface area contributed by atoms with Gasteiger partial charge in [-0.25, -0.2) is 0 Å². The number of rotatable bonds is 7. The summed E-state index contributed by atoms with van der Waals surface area (Å²) in [5, 5.41) is 8.36. The van der Waals surface area contributed by atoms with Gasteiger partial charge in [-0.3, -0.25) is 19.2 Å². The highest BCUT2D eigenvalue weighted by Gasteiger charge is 2.16. The number of carboxylic acids is 1. The number of carbonyl (C=O) groups is 4. The van der Waals surface area contributed by atoms with Crippen LogP contribution in [0.25, 0.3) is 0 Å². The van der Waals surface area contributed by atoms with Crippen molar-refractivity contribution in [3.05, 3.63) is 35.9 Å². The van der Waals surface area contributed by atoms with E-state index in [-0.39, 0.29) is 12.2 Å². The Labute approximate surface area is 103 Å². The lowest BCUT2D eigenvalue weighted by atomic mass is 10.0. The van der Waals surface area contributed by atoms with Crippen molar-refractivity contribution in [1.29, 1.82) is 0 Å². The first-order valence-corrected chi connectivity index (χ1v) is 5.32. The van der Waals surface area contributed by atoms with Gasteiger partial charge < -0.3 is 5.11 Å². The molecule has 5 heteroatoms. The molecule has 0 bridgehead atoms. The van der Waals surface area contributed by atoms with Crippen molar-refractivity contribution in [3.8, 4) is 0 Å². The molecule has 0 radical (unpaired) electrons. The molecule has 1 aromatic carbocycles. The Hall–Kier alpha value is -2.30. The zero-order valence-electron chi connectivity index (χ0n) is 9.59. The summed E-state index contributed by atoms with van der Waals surface area (Å²) in [5.41, 5.74) is 0.400. The molecule has 0 spiro atoms. The van der Waals surface area contributed by atoms with Crippen molar-refractivity contribution >= 4 is 23.3 Å². The second kappa shape index (κ2) is 6.44. The Kier molecular flexibility index (Phi) is 4.92. The summed E-state index contributed by atoms with van der Waals surface area (Å²) < 4.78 is 0. The van der Waals surface area contributed by atoms with E-state index in [0.717, 1.165) is 0 Å². The molecule has 0 aliphatic carbocycles. The highest BCUT2D eigenvalue weighted by Crippen LogP contribution is 2.05. The summed E-state index contributed by atoms with van der Waals surface area (Å²) in [7, 11) is 0. The SMILES string of the molecule is O=C(O)CC(=O)CC(=O)CC(=O)c1ccccc1. The van der Waals surface area contributed by atoms with E-state index in [0.29, 0.717) is 5.56 Å². The van der Waals surface area contributed by atoms with Crippen LogP contribution in [0.1, 0.15) is 29.6 Å². The summed E-state index contributed by atoms with van der Waals surface area (Å²) >= 11 is 0. The summed E-state index contributed by atoms with van der Waals surface area (Å²) in [4.78, 5) is 44.3. The van der Waals surface area contributed by atoms with E-state index < -0.39 is 30.4 Å². The zero-order valence-corrected chi connectivity index (χ0v) is 9.59. The average Bonchev–Trinajstić information content (AvgIpc) is 2.28. The number of ketones is 3. The number of Topliss-reactive ketones (excluding diaryl/α,β-unsaturated/α-hetero) is 3. The number of hydrogen-bond acceptors (Lipinski definition) is 4. The second-order valence-corrected chi connectivity index (χ2v) is 3.79. The largest absolute Gasteiger partial charge is 0.481 e. The van der Waals surface area contributed by atoms with Crippen molar-refractivity contribution in [2.24, 2.45) is 0 Å². The van der Waals surface area contributed by atoms with Gasteiger partial charge in [-0.05, 0) is 0 Å². The first kappa shape index (κ1) is 13.8. The maximum absolute atomic E-state index is 11.6. The molecule has 0 heterocycles. The maximum Gasteiger partial charge on any atom is 0.310 e. The van der Waals surface area contributed by atoms with Crippen molar-refractivity contribution in [2.75, 3.05) is 0 Å². The summed E-state index contributed by atoms with van der Waals surface area (Å²) in [6, 6.07) is 8.25. The molecule has 0 atom stereocenters. The number of hydrogen-bond donors (Lipinski definition) is 1. The highest BCUT2D eigenvalue weighted by atomic mass is 16.4. The van der Waals surface area contributed by atoms with E-state index in [9.17, 15) is 19.2 Å². The molecule has 1 N–H and O–H groups in total. The Morgan fingerprint density at radius 3 is 1.94 bits per heavy atom. The van der Waals surface area contributed by atoms with Crippen LogP contribution in [0.2, 0.25) is 0 Å². The molecular formula is C13H12O5. The molecule has 94 valence electrons. The van der Waals surface area contributed by atoms with Gasteiger partial charge in [-0.2, -0.15) is 0 Å². The third-order valence-corrected chi connectivity index (χ3v) is 2.20. The molecule has 0 saturated carbocycles. The minimum Gasteiger partial charge on any atom is -0.481 e. The van der Waals surface area contributed by atoms with E-state index in [2.05, 4.69) is 0 Å². The van der Waals surface area contributed by atoms with Gasteiger partial charge >= 0.3 is 5.97 Å². The highest BCUT2D eigenvalue weighted by molar-refractivity contribution is 6.13. The number of carbonyl (C=O) groups excluding carboxylic acids is 3. The fraction of sp³-hybridized carbons (Fsp3) is 0.231. The Balaban J connectivity index is 2.48. The van der Waals surface area contributed by atoms with Crippen LogP contribution in [0.4, 0.5) is 0 Å². The Morgan fingerprint density at radius 1 is 0.833 bits per heavy atom. The molecular weight excluding hydrogens is 236 g/mol. The molecule has 1 rings (SSSR count). The Bertz CT molecular complexity index is 475. The van der Waals surface area contributed by atoms with E-state index >= 15 is 0 Å². The molecule has 18 heavy (non-hydrogen) atoms. The van der Waals surface area contributed by atoms with Crippen LogP contribution in [0.5, 0.6) is 0 Å². The van der Waals surface area contributed by atoms with Crippen molar-refractivity contribution in [2.45, 2.75) is 19.3 Å². The molecule has 1 aromatic rings. The van der Waals surface area contributed by atoms with Gasteiger partial charge in [-0.1, -0.05) is 30.3 Å².